The molecular formula is C27H23F3N4O4. The number of amides is 2. The first-order chi connectivity index (χ1) is 18.3. The van der Waals surface area contributed by atoms with Gasteiger partial charge in [0.1, 0.15) is 12.1 Å². The van der Waals surface area contributed by atoms with Gasteiger partial charge in [-0.2, -0.15) is 13.2 Å². The Balaban J connectivity index is 1.39. The highest BCUT2D eigenvalue weighted by Crippen LogP contribution is 2.38. The number of hydrogen-bond donors (Lipinski definition) is 1. The van der Waals surface area contributed by atoms with Crippen LogP contribution in [0.2, 0.25) is 0 Å². The molecule has 2 heterocycles. The van der Waals surface area contributed by atoms with Crippen LogP contribution in [-0.2, 0) is 12.6 Å². The normalized spacial score (nSPS) is 13.1. The lowest BCUT2D eigenvalue weighted by Crippen LogP contribution is -2.38. The number of hydrogen-bond acceptors (Lipinski definition) is 6. The third-order valence-corrected chi connectivity index (χ3v) is 6.17. The summed E-state index contributed by atoms with van der Waals surface area (Å²) in [6.45, 7) is 0.427. The molecule has 1 aliphatic heterocycles. The number of carbonyl (C=O) groups is 1. The lowest BCUT2D eigenvalue weighted by Gasteiger charge is -2.30. The van der Waals surface area contributed by atoms with Crippen molar-refractivity contribution in [3.05, 3.63) is 72.1 Å². The minimum Gasteiger partial charge on any atom is -0.493 e. The average Bonchev–Trinajstić information content (AvgIpc) is 2.91. The van der Waals surface area contributed by atoms with Crippen molar-refractivity contribution in [2.45, 2.75) is 19.0 Å². The summed E-state index contributed by atoms with van der Waals surface area (Å²) in [7, 11) is 3.07. The summed E-state index contributed by atoms with van der Waals surface area (Å²) in [4.78, 5) is 23.1. The van der Waals surface area contributed by atoms with E-state index in [0.717, 1.165) is 17.7 Å². The number of alkyl halides is 3. The van der Waals surface area contributed by atoms with E-state index in [1.165, 1.54) is 30.5 Å². The number of benzene rings is 3. The number of nitrogens with one attached hydrogen (secondary N) is 1. The van der Waals surface area contributed by atoms with Crippen molar-refractivity contribution in [2.24, 2.45) is 0 Å². The van der Waals surface area contributed by atoms with Gasteiger partial charge in [0.25, 0.3) is 0 Å². The first-order valence-corrected chi connectivity index (χ1v) is 11.7. The SMILES string of the molecule is COc1cc2ncnc(Oc3ccc4c(c3)CCCN4C(=O)Nc3cccc(C(F)(F)F)c3)c2cc1OC. The van der Waals surface area contributed by atoms with Crippen LogP contribution in [0, 0.1) is 0 Å². The van der Waals surface area contributed by atoms with Crippen molar-refractivity contribution in [1.82, 2.24) is 9.97 Å². The van der Waals surface area contributed by atoms with Gasteiger partial charge in [-0.25, -0.2) is 14.8 Å². The molecule has 0 atom stereocenters. The van der Waals surface area contributed by atoms with Crippen LogP contribution in [-0.4, -0.2) is 36.8 Å². The highest BCUT2D eigenvalue weighted by molar-refractivity contribution is 6.02. The molecule has 1 aromatic heterocycles. The quantitative estimate of drug-likeness (QED) is 0.323. The van der Waals surface area contributed by atoms with E-state index in [1.54, 1.807) is 31.4 Å². The fraction of sp³-hybridized carbons (Fsp3) is 0.222. The Bertz CT molecular complexity index is 1510. The molecular weight excluding hydrogens is 501 g/mol. The molecule has 0 spiro atoms. The lowest BCUT2D eigenvalue weighted by molar-refractivity contribution is -0.137. The van der Waals surface area contributed by atoms with Gasteiger partial charge >= 0.3 is 12.2 Å². The molecule has 0 bridgehead atoms. The van der Waals surface area contributed by atoms with E-state index in [1.807, 2.05) is 6.07 Å². The smallest absolute Gasteiger partial charge is 0.416 e. The zero-order chi connectivity index (χ0) is 26.9. The highest BCUT2D eigenvalue weighted by atomic mass is 19.4. The molecule has 38 heavy (non-hydrogen) atoms. The Hall–Kier alpha value is -4.54. The predicted octanol–water partition coefficient (Wildman–Crippen LogP) is 6.44. The van der Waals surface area contributed by atoms with Crippen molar-refractivity contribution in [3.63, 3.8) is 0 Å². The van der Waals surface area contributed by atoms with Crippen molar-refractivity contribution >= 4 is 28.3 Å². The summed E-state index contributed by atoms with van der Waals surface area (Å²) in [6, 6.07) is 12.8. The second-order valence-electron chi connectivity index (χ2n) is 8.56. The maximum atomic E-state index is 13.1. The number of aryl methyl sites for hydroxylation is 1. The molecule has 3 aromatic carbocycles. The molecule has 0 fully saturated rings. The third-order valence-electron chi connectivity index (χ3n) is 6.17. The minimum atomic E-state index is -4.50. The summed E-state index contributed by atoms with van der Waals surface area (Å²) in [5.41, 5.74) is 1.38. The number of carbonyl (C=O) groups excluding carboxylic acids is 1. The van der Waals surface area contributed by atoms with Gasteiger partial charge in [0.05, 0.1) is 30.7 Å². The second kappa shape index (κ2) is 10.1. The predicted molar refractivity (Wildman–Crippen MR) is 135 cm³/mol. The van der Waals surface area contributed by atoms with Crippen molar-refractivity contribution < 1.29 is 32.2 Å². The van der Waals surface area contributed by atoms with Gasteiger partial charge in [-0.1, -0.05) is 6.07 Å². The number of urea groups is 1. The van der Waals surface area contributed by atoms with Crippen LogP contribution in [0.4, 0.5) is 29.3 Å². The van der Waals surface area contributed by atoms with Crippen LogP contribution in [0.3, 0.4) is 0 Å². The molecule has 4 aromatic rings. The minimum absolute atomic E-state index is 0.0691. The van der Waals surface area contributed by atoms with Gasteiger partial charge in [0.15, 0.2) is 11.5 Å². The van der Waals surface area contributed by atoms with E-state index in [0.29, 0.717) is 59.1 Å². The van der Waals surface area contributed by atoms with Crippen LogP contribution >= 0.6 is 0 Å². The Morgan fingerprint density at radius 1 is 1.00 bits per heavy atom. The van der Waals surface area contributed by atoms with Gasteiger partial charge in [-0.05, 0) is 60.9 Å². The highest BCUT2D eigenvalue weighted by Gasteiger charge is 2.31. The molecule has 0 saturated heterocycles. The van der Waals surface area contributed by atoms with E-state index in [9.17, 15) is 18.0 Å². The molecule has 0 unspecified atom stereocenters. The van der Waals surface area contributed by atoms with Crippen LogP contribution in [0.15, 0.2) is 60.9 Å². The Morgan fingerprint density at radius 3 is 2.55 bits per heavy atom. The maximum absolute atomic E-state index is 13.1. The van der Waals surface area contributed by atoms with E-state index in [2.05, 4.69) is 15.3 Å². The lowest BCUT2D eigenvalue weighted by atomic mass is 10.0. The Labute approximate surface area is 216 Å². The van der Waals surface area contributed by atoms with E-state index < -0.39 is 17.8 Å². The third kappa shape index (κ3) is 4.99. The van der Waals surface area contributed by atoms with E-state index in [-0.39, 0.29) is 5.69 Å². The first-order valence-electron chi connectivity index (χ1n) is 11.7. The van der Waals surface area contributed by atoms with Gasteiger partial charge in [-0.15, -0.1) is 0 Å². The zero-order valence-corrected chi connectivity index (χ0v) is 20.5. The van der Waals surface area contributed by atoms with Crippen LogP contribution in [0.1, 0.15) is 17.5 Å². The van der Waals surface area contributed by atoms with E-state index in [4.69, 9.17) is 14.2 Å². The summed E-state index contributed by atoms with van der Waals surface area (Å²) in [6.07, 6.45) is -1.72. The number of ether oxygens (including phenoxy) is 3. The van der Waals surface area contributed by atoms with Crippen LogP contribution in [0.5, 0.6) is 23.1 Å². The molecule has 8 nitrogen and oxygen atoms in total. The number of fused-ring (bicyclic) bond motifs is 2. The topological polar surface area (TPSA) is 85.8 Å². The number of halogens is 3. The molecule has 1 aliphatic rings. The standard InChI is InChI=1S/C27H23F3N4O4/c1-36-23-13-20-21(14-24(23)37-2)31-15-32-25(20)38-19-8-9-22-16(11-19)5-4-10-34(22)26(35)33-18-7-3-6-17(12-18)27(28,29)30/h3,6-9,11-15H,4-5,10H2,1-2H3,(H,33,35). The Morgan fingerprint density at radius 2 is 1.79 bits per heavy atom. The largest absolute Gasteiger partial charge is 0.493 e. The van der Waals surface area contributed by atoms with Crippen molar-refractivity contribution in [3.8, 4) is 23.1 Å². The summed E-state index contributed by atoms with van der Waals surface area (Å²) in [5, 5.41) is 3.21. The maximum Gasteiger partial charge on any atom is 0.416 e. The monoisotopic (exact) mass is 524 g/mol. The van der Waals surface area contributed by atoms with Gasteiger partial charge in [0.2, 0.25) is 5.88 Å². The average molecular weight is 524 g/mol. The van der Waals surface area contributed by atoms with Crippen LogP contribution < -0.4 is 24.4 Å². The summed E-state index contributed by atoms with van der Waals surface area (Å²) < 4.78 is 56.0. The zero-order valence-electron chi connectivity index (χ0n) is 20.5. The molecule has 0 aliphatic carbocycles. The number of methoxy groups -OCH3 is 2. The van der Waals surface area contributed by atoms with Gasteiger partial charge in [0, 0.05) is 24.0 Å². The van der Waals surface area contributed by atoms with Crippen LogP contribution in [0.25, 0.3) is 10.9 Å². The molecule has 0 radical (unpaired) electrons. The molecule has 2 amide bonds. The van der Waals surface area contributed by atoms with Gasteiger partial charge in [-0.3, -0.25) is 4.90 Å². The summed E-state index contributed by atoms with van der Waals surface area (Å²) in [5.74, 6) is 1.87. The summed E-state index contributed by atoms with van der Waals surface area (Å²) >= 11 is 0. The molecule has 5 rings (SSSR count). The number of rotatable bonds is 5. The van der Waals surface area contributed by atoms with E-state index >= 15 is 0 Å². The second-order valence-corrected chi connectivity index (χ2v) is 8.56. The fourth-order valence-electron chi connectivity index (χ4n) is 4.36. The molecule has 0 saturated carbocycles. The molecule has 196 valence electrons. The number of nitrogens with zero attached hydrogens (tertiary/aromatic N) is 3. The first kappa shape index (κ1) is 25.1. The fourth-order valence-corrected chi connectivity index (χ4v) is 4.36. The van der Waals surface area contributed by atoms with Crippen molar-refractivity contribution in [2.75, 3.05) is 31.0 Å². The Kier molecular flexibility index (Phi) is 6.66. The number of aromatic nitrogens is 2. The molecule has 1 N–H and O–H groups in total. The molecule has 11 heteroatoms. The number of anilines is 2. The van der Waals surface area contributed by atoms with Gasteiger partial charge < -0.3 is 19.5 Å². The van der Waals surface area contributed by atoms with Crippen molar-refractivity contribution in [1.29, 1.82) is 0 Å².